The number of benzene rings is 1. The Kier molecular flexibility index (Phi) is 4.13. The molecule has 0 aliphatic carbocycles. The van der Waals surface area contributed by atoms with Gasteiger partial charge in [0.05, 0.1) is 25.8 Å². The third kappa shape index (κ3) is 2.62. The Bertz CT molecular complexity index is 604. The van der Waals surface area contributed by atoms with Crippen LogP contribution < -0.4 is 0 Å². The van der Waals surface area contributed by atoms with E-state index in [9.17, 15) is 4.79 Å². The summed E-state index contributed by atoms with van der Waals surface area (Å²) in [7, 11) is 0. The summed E-state index contributed by atoms with van der Waals surface area (Å²) in [6.45, 7) is 0. The van der Waals surface area contributed by atoms with Crippen LogP contribution in [0.2, 0.25) is 20.1 Å². The predicted octanol–water partition coefficient (Wildman–Crippen LogP) is 5.17. The molecule has 0 radical (unpaired) electrons. The minimum Gasteiger partial charge on any atom is -0.296 e. The van der Waals surface area contributed by atoms with Gasteiger partial charge in [0.25, 0.3) is 0 Å². The average Bonchev–Trinajstić information content (AvgIpc) is 2.36. The summed E-state index contributed by atoms with van der Waals surface area (Å²) < 4.78 is 0. The smallest absolute Gasteiger partial charge is 0.169 e. The first-order valence-electron chi connectivity index (χ1n) is 4.79. The molecular formula is C12H5Cl4NO. The zero-order valence-corrected chi connectivity index (χ0v) is 11.8. The fourth-order valence-corrected chi connectivity index (χ4v) is 2.15. The summed E-state index contributed by atoms with van der Waals surface area (Å²) in [5.74, 6) is 0. The number of hydrogen-bond acceptors (Lipinski definition) is 2. The molecule has 1 heterocycles. The van der Waals surface area contributed by atoms with Crippen molar-refractivity contribution in [2.24, 2.45) is 0 Å². The Hall–Kier alpha value is -0.800. The summed E-state index contributed by atoms with van der Waals surface area (Å²) in [4.78, 5) is 14.9. The van der Waals surface area contributed by atoms with E-state index in [4.69, 9.17) is 46.4 Å². The van der Waals surface area contributed by atoms with Crippen LogP contribution in [-0.4, -0.2) is 11.3 Å². The summed E-state index contributed by atoms with van der Waals surface area (Å²) >= 11 is 23.5. The maximum atomic E-state index is 10.8. The first-order valence-corrected chi connectivity index (χ1v) is 6.30. The van der Waals surface area contributed by atoms with Gasteiger partial charge in [0.2, 0.25) is 0 Å². The van der Waals surface area contributed by atoms with Crippen LogP contribution in [0.4, 0.5) is 0 Å². The van der Waals surface area contributed by atoms with Crippen molar-refractivity contribution in [3.05, 3.63) is 50.0 Å². The van der Waals surface area contributed by atoms with Crippen molar-refractivity contribution in [2.75, 3.05) is 0 Å². The Morgan fingerprint density at radius 3 is 2.11 bits per heavy atom. The number of rotatable bonds is 2. The average molecular weight is 321 g/mol. The van der Waals surface area contributed by atoms with Crippen molar-refractivity contribution in [3.63, 3.8) is 0 Å². The number of aromatic nitrogens is 1. The van der Waals surface area contributed by atoms with Gasteiger partial charge in [-0.3, -0.25) is 4.79 Å². The molecule has 0 aliphatic heterocycles. The highest BCUT2D eigenvalue weighted by Crippen LogP contribution is 2.34. The van der Waals surface area contributed by atoms with Crippen LogP contribution in [0.25, 0.3) is 11.3 Å². The van der Waals surface area contributed by atoms with Crippen molar-refractivity contribution in [2.45, 2.75) is 0 Å². The molecule has 0 spiro atoms. The molecular weight excluding hydrogens is 316 g/mol. The molecule has 0 unspecified atom stereocenters. The SMILES string of the molecule is O=Cc1nc(-c2cc(Cl)c(Cl)c(Cl)c2)ccc1Cl. The monoisotopic (exact) mass is 319 g/mol. The highest BCUT2D eigenvalue weighted by atomic mass is 35.5. The van der Waals surface area contributed by atoms with E-state index in [1.54, 1.807) is 24.3 Å². The molecule has 0 saturated carbocycles. The quantitative estimate of drug-likeness (QED) is 0.564. The number of pyridine rings is 1. The van der Waals surface area contributed by atoms with E-state index >= 15 is 0 Å². The van der Waals surface area contributed by atoms with Crippen LogP contribution in [0.3, 0.4) is 0 Å². The molecule has 0 aliphatic rings. The van der Waals surface area contributed by atoms with Crippen LogP contribution in [0.15, 0.2) is 24.3 Å². The Labute approximate surface area is 123 Å². The minimum atomic E-state index is 0.163. The summed E-state index contributed by atoms with van der Waals surface area (Å²) in [5.41, 5.74) is 1.37. The van der Waals surface area contributed by atoms with Crippen LogP contribution in [0.5, 0.6) is 0 Å². The fraction of sp³-hybridized carbons (Fsp3) is 0. The summed E-state index contributed by atoms with van der Waals surface area (Å²) in [6, 6.07) is 6.51. The van der Waals surface area contributed by atoms with Crippen molar-refractivity contribution >= 4 is 52.7 Å². The Morgan fingerprint density at radius 1 is 0.944 bits per heavy atom. The predicted molar refractivity (Wildman–Crippen MR) is 75.1 cm³/mol. The van der Waals surface area contributed by atoms with Gasteiger partial charge in [-0.25, -0.2) is 4.98 Å². The lowest BCUT2D eigenvalue weighted by Crippen LogP contribution is -1.92. The van der Waals surface area contributed by atoms with Gasteiger partial charge in [-0.2, -0.15) is 0 Å². The molecule has 2 aromatic rings. The fourth-order valence-electron chi connectivity index (χ4n) is 1.40. The molecule has 0 amide bonds. The number of halogens is 4. The normalized spacial score (nSPS) is 10.4. The van der Waals surface area contributed by atoms with E-state index in [0.29, 0.717) is 32.6 Å². The van der Waals surface area contributed by atoms with Gasteiger partial charge in [0, 0.05) is 5.56 Å². The lowest BCUT2D eigenvalue weighted by atomic mass is 10.1. The number of hydrogen-bond donors (Lipinski definition) is 0. The Morgan fingerprint density at radius 2 is 1.56 bits per heavy atom. The number of nitrogens with zero attached hydrogens (tertiary/aromatic N) is 1. The lowest BCUT2D eigenvalue weighted by Gasteiger charge is -2.06. The first-order chi connectivity index (χ1) is 8.52. The largest absolute Gasteiger partial charge is 0.296 e. The molecule has 0 saturated heterocycles. The Balaban J connectivity index is 2.58. The molecule has 0 bridgehead atoms. The van der Waals surface area contributed by atoms with E-state index in [2.05, 4.69) is 4.98 Å². The standard InChI is InChI=1S/C12H5Cl4NO/c13-7-1-2-10(17-11(7)5-18)6-3-8(14)12(16)9(15)4-6/h1-5H. The van der Waals surface area contributed by atoms with Gasteiger partial charge >= 0.3 is 0 Å². The maximum Gasteiger partial charge on any atom is 0.169 e. The highest BCUT2D eigenvalue weighted by Gasteiger charge is 2.10. The van der Waals surface area contributed by atoms with E-state index < -0.39 is 0 Å². The van der Waals surface area contributed by atoms with E-state index in [1.165, 1.54) is 0 Å². The zero-order valence-electron chi connectivity index (χ0n) is 8.75. The number of carbonyl (C=O) groups excluding carboxylic acids is 1. The minimum absolute atomic E-state index is 0.163. The van der Waals surface area contributed by atoms with Gasteiger partial charge in [-0.1, -0.05) is 46.4 Å². The number of aldehydes is 1. The highest BCUT2D eigenvalue weighted by molar-refractivity contribution is 6.48. The lowest BCUT2D eigenvalue weighted by molar-refractivity contribution is 0.111. The van der Waals surface area contributed by atoms with Gasteiger partial charge in [-0.05, 0) is 24.3 Å². The van der Waals surface area contributed by atoms with Crippen molar-refractivity contribution in [3.8, 4) is 11.3 Å². The third-order valence-corrected chi connectivity index (χ3v) is 3.78. The van der Waals surface area contributed by atoms with Crippen LogP contribution in [0.1, 0.15) is 10.5 Å². The molecule has 1 aromatic heterocycles. The third-order valence-electron chi connectivity index (χ3n) is 2.26. The topological polar surface area (TPSA) is 30.0 Å². The van der Waals surface area contributed by atoms with Gasteiger partial charge < -0.3 is 0 Å². The molecule has 92 valence electrons. The first kappa shape index (κ1) is 13.6. The second-order valence-electron chi connectivity index (χ2n) is 3.44. The molecule has 2 rings (SSSR count). The van der Waals surface area contributed by atoms with Gasteiger partial charge in [-0.15, -0.1) is 0 Å². The van der Waals surface area contributed by atoms with Gasteiger partial charge in [0.1, 0.15) is 5.69 Å². The van der Waals surface area contributed by atoms with Crippen molar-refractivity contribution < 1.29 is 4.79 Å². The maximum absolute atomic E-state index is 10.8. The molecule has 18 heavy (non-hydrogen) atoms. The van der Waals surface area contributed by atoms with Crippen LogP contribution >= 0.6 is 46.4 Å². The molecule has 0 atom stereocenters. The molecule has 1 aromatic carbocycles. The van der Waals surface area contributed by atoms with E-state index in [0.717, 1.165) is 0 Å². The van der Waals surface area contributed by atoms with Crippen LogP contribution in [0, 0.1) is 0 Å². The van der Waals surface area contributed by atoms with Gasteiger partial charge in [0.15, 0.2) is 6.29 Å². The molecule has 6 heteroatoms. The number of carbonyl (C=O) groups is 1. The van der Waals surface area contributed by atoms with E-state index in [1.807, 2.05) is 0 Å². The molecule has 0 fully saturated rings. The second kappa shape index (κ2) is 5.45. The summed E-state index contributed by atoms with van der Waals surface area (Å²) in [5, 5.41) is 1.22. The molecule has 2 nitrogen and oxygen atoms in total. The second-order valence-corrected chi connectivity index (χ2v) is 5.03. The van der Waals surface area contributed by atoms with Crippen LogP contribution in [-0.2, 0) is 0 Å². The summed E-state index contributed by atoms with van der Waals surface area (Å²) in [6.07, 6.45) is 0.588. The van der Waals surface area contributed by atoms with Crippen molar-refractivity contribution in [1.29, 1.82) is 0 Å². The van der Waals surface area contributed by atoms with E-state index in [-0.39, 0.29) is 10.7 Å². The van der Waals surface area contributed by atoms with Crippen molar-refractivity contribution in [1.82, 2.24) is 4.98 Å². The molecule has 0 N–H and O–H groups in total. The zero-order chi connectivity index (χ0) is 13.3.